The van der Waals surface area contributed by atoms with E-state index in [4.69, 9.17) is 0 Å². The third-order valence-corrected chi connectivity index (χ3v) is 4.00. The molecule has 5 nitrogen and oxygen atoms in total. The number of nitrogens with zero attached hydrogens (tertiary/aromatic N) is 3. The Morgan fingerprint density at radius 3 is 2.68 bits per heavy atom. The van der Waals surface area contributed by atoms with Crippen LogP contribution in [0.1, 0.15) is 18.7 Å². The van der Waals surface area contributed by atoms with Crippen molar-refractivity contribution in [3.63, 3.8) is 0 Å². The molecule has 0 unspecified atom stereocenters. The first-order valence-corrected chi connectivity index (χ1v) is 7.32. The summed E-state index contributed by atoms with van der Waals surface area (Å²) in [6, 6.07) is 15.2. The molecule has 4 rings (SSSR count). The number of benzene rings is 2. The molecule has 0 fully saturated rings. The number of anilines is 1. The Morgan fingerprint density at radius 1 is 1.09 bits per heavy atom. The SMILES string of the molecule is C[C@@H]1CNc2ccccc2-n2c(-c3ccc(O)cc3)nnc21. The van der Waals surface area contributed by atoms with Gasteiger partial charge in [0, 0.05) is 18.0 Å². The van der Waals surface area contributed by atoms with Gasteiger partial charge in [-0.3, -0.25) is 4.57 Å². The van der Waals surface area contributed by atoms with Crippen LogP contribution in [0.15, 0.2) is 48.5 Å². The first-order chi connectivity index (χ1) is 10.7. The molecule has 0 bridgehead atoms. The topological polar surface area (TPSA) is 63.0 Å². The Balaban J connectivity index is 1.97. The Hall–Kier alpha value is -2.82. The van der Waals surface area contributed by atoms with Crippen molar-refractivity contribution in [2.45, 2.75) is 12.8 Å². The second-order valence-corrected chi connectivity index (χ2v) is 5.56. The minimum absolute atomic E-state index is 0.245. The molecule has 0 saturated heterocycles. The number of nitrogens with one attached hydrogen (secondary N) is 1. The van der Waals surface area contributed by atoms with Crippen LogP contribution < -0.4 is 5.32 Å². The van der Waals surface area contributed by atoms with Crippen LogP contribution in [0.2, 0.25) is 0 Å². The Morgan fingerprint density at radius 2 is 1.86 bits per heavy atom. The van der Waals surface area contributed by atoms with Crippen LogP contribution in [0.4, 0.5) is 5.69 Å². The zero-order valence-corrected chi connectivity index (χ0v) is 12.2. The van der Waals surface area contributed by atoms with Gasteiger partial charge >= 0.3 is 0 Å². The van der Waals surface area contributed by atoms with Crippen molar-refractivity contribution in [1.82, 2.24) is 14.8 Å². The number of para-hydroxylation sites is 2. The van der Waals surface area contributed by atoms with Gasteiger partial charge in [-0.05, 0) is 36.4 Å². The highest BCUT2D eigenvalue weighted by Gasteiger charge is 2.24. The summed E-state index contributed by atoms with van der Waals surface area (Å²) in [5.74, 6) is 2.24. The fourth-order valence-electron chi connectivity index (χ4n) is 2.82. The maximum absolute atomic E-state index is 9.48. The molecule has 22 heavy (non-hydrogen) atoms. The molecule has 1 aromatic heterocycles. The van der Waals surface area contributed by atoms with Gasteiger partial charge in [0.05, 0.1) is 11.4 Å². The number of fused-ring (bicyclic) bond motifs is 3. The van der Waals surface area contributed by atoms with E-state index in [-0.39, 0.29) is 11.7 Å². The Kier molecular flexibility index (Phi) is 2.85. The molecule has 0 saturated carbocycles. The molecule has 0 aliphatic carbocycles. The molecule has 2 heterocycles. The van der Waals surface area contributed by atoms with Crippen LogP contribution in [0.3, 0.4) is 0 Å². The van der Waals surface area contributed by atoms with Crippen LogP contribution in [-0.2, 0) is 0 Å². The summed E-state index contributed by atoms with van der Waals surface area (Å²) in [6.45, 7) is 2.96. The molecule has 2 aromatic carbocycles. The van der Waals surface area contributed by atoms with Gasteiger partial charge in [0.1, 0.15) is 11.6 Å². The molecular weight excluding hydrogens is 276 g/mol. The molecule has 2 N–H and O–H groups in total. The lowest BCUT2D eigenvalue weighted by Crippen LogP contribution is -2.09. The van der Waals surface area contributed by atoms with Gasteiger partial charge in [-0.15, -0.1) is 10.2 Å². The molecule has 3 aromatic rings. The Labute approximate surface area is 128 Å². The van der Waals surface area contributed by atoms with Crippen LogP contribution >= 0.6 is 0 Å². The largest absolute Gasteiger partial charge is 0.508 e. The zero-order valence-electron chi connectivity index (χ0n) is 12.2. The maximum Gasteiger partial charge on any atom is 0.168 e. The van der Waals surface area contributed by atoms with E-state index in [2.05, 4.69) is 39.1 Å². The third kappa shape index (κ3) is 1.94. The summed E-state index contributed by atoms with van der Waals surface area (Å²) >= 11 is 0. The molecule has 1 atom stereocenters. The van der Waals surface area contributed by atoms with E-state index in [9.17, 15) is 5.11 Å². The zero-order chi connectivity index (χ0) is 15.1. The number of rotatable bonds is 1. The molecular formula is C17H16N4O. The maximum atomic E-state index is 9.48. The average molecular weight is 292 g/mol. The Bertz CT molecular complexity index is 823. The van der Waals surface area contributed by atoms with Crippen molar-refractivity contribution in [1.29, 1.82) is 0 Å². The number of aromatic hydroxyl groups is 1. The van der Waals surface area contributed by atoms with Crippen molar-refractivity contribution in [3.05, 3.63) is 54.4 Å². The highest BCUT2D eigenvalue weighted by molar-refractivity contribution is 5.68. The smallest absolute Gasteiger partial charge is 0.168 e. The quantitative estimate of drug-likeness (QED) is 0.723. The van der Waals surface area contributed by atoms with Crippen LogP contribution in [0.5, 0.6) is 5.75 Å². The molecule has 5 heteroatoms. The van der Waals surface area contributed by atoms with Gasteiger partial charge in [-0.2, -0.15) is 0 Å². The van der Waals surface area contributed by atoms with E-state index in [1.165, 1.54) is 0 Å². The fraction of sp³-hybridized carbons (Fsp3) is 0.176. The molecule has 0 amide bonds. The minimum Gasteiger partial charge on any atom is -0.508 e. The molecule has 110 valence electrons. The summed E-state index contributed by atoms with van der Waals surface area (Å²) < 4.78 is 2.10. The number of phenols is 1. The predicted octanol–water partition coefficient (Wildman–Crippen LogP) is 3.17. The first kappa shape index (κ1) is 12.9. The van der Waals surface area contributed by atoms with E-state index in [0.29, 0.717) is 0 Å². The number of hydrogen-bond donors (Lipinski definition) is 2. The van der Waals surface area contributed by atoms with Crippen molar-refractivity contribution >= 4 is 5.69 Å². The number of phenolic OH excluding ortho intramolecular Hbond substituents is 1. The molecule has 1 aliphatic heterocycles. The van der Waals surface area contributed by atoms with Crippen LogP contribution in [0, 0.1) is 0 Å². The van der Waals surface area contributed by atoms with Gasteiger partial charge < -0.3 is 10.4 Å². The van der Waals surface area contributed by atoms with Gasteiger partial charge in [0.2, 0.25) is 0 Å². The van der Waals surface area contributed by atoms with Crippen molar-refractivity contribution in [3.8, 4) is 22.8 Å². The number of hydrogen-bond acceptors (Lipinski definition) is 4. The monoisotopic (exact) mass is 292 g/mol. The predicted molar refractivity (Wildman–Crippen MR) is 85.4 cm³/mol. The second-order valence-electron chi connectivity index (χ2n) is 5.56. The summed E-state index contributed by atoms with van der Waals surface area (Å²) in [7, 11) is 0. The van der Waals surface area contributed by atoms with Crippen LogP contribution in [-0.4, -0.2) is 26.4 Å². The lowest BCUT2D eigenvalue weighted by atomic mass is 10.1. The van der Waals surface area contributed by atoms with Crippen molar-refractivity contribution in [2.75, 3.05) is 11.9 Å². The van der Waals surface area contributed by atoms with Gasteiger partial charge in [-0.25, -0.2) is 0 Å². The highest BCUT2D eigenvalue weighted by atomic mass is 16.3. The van der Waals surface area contributed by atoms with E-state index in [1.807, 2.05) is 24.3 Å². The van der Waals surface area contributed by atoms with Crippen LogP contribution in [0.25, 0.3) is 17.1 Å². The summed E-state index contributed by atoms with van der Waals surface area (Å²) in [5.41, 5.74) is 3.06. The van der Waals surface area contributed by atoms with Gasteiger partial charge in [0.15, 0.2) is 5.82 Å². The van der Waals surface area contributed by atoms with E-state index in [0.717, 1.165) is 35.1 Å². The summed E-state index contributed by atoms with van der Waals surface area (Å²) in [4.78, 5) is 0. The average Bonchev–Trinajstić information content (AvgIpc) is 2.93. The molecule has 0 radical (unpaired) electrons. The van der Waals surface area contributed by atoms with Gasteiger partial charge in [0.25, 0.3) is 0 Å². The van der Waals surface area contributed by atoms with Crippen molar-refractivity contribution in [2.24, 2.45) is 0 Å². The normalized spacial score (nSPS) is 16.3. The summed E-state index contributed by atoms with van der Waals surface area (Å²) in [5, 5.41) is 21.7. The first-order valence-electron chi connectivity index (χ1n) is 7.32. The fourth-order valence-corrected chi connectivity index (χ4v) is 2.82. The van der Waals surface area contributed by atoms with Gasteiger partial charge in [-0.1, -0.05) is 19.1 Å². The van der Waals surface area contributed by atoms with Crippen molar-refractivity contribution < 1.29 is 5.11 Å². The van der Waals surface area contributed by atoms with E-state index < -0.39 is 0 Å². The number of aromatic nitrogens is 3. The minimum atomic E-state index is 0.245. The standard InChI is InChI=1S/C17H16N4O/c1-11-10-18-14-4-2-3-5-15(14)21-16(11)19-20-17(21)12-6-8-13(22)9-7-12/h2-9,11,18,22H,10H2,1H3/t11-/m1/s1. The highest BCUT2D eigenvalue weighted by Crippen LogP contribution is 2.33. The molecule has 1 aliphatic rings. The van der Waals surface area contributed by atoms with E-state index in [1.54, 1.807) is 12.1 Å². The lowest BCUT2D eigenvalue weighted by molar-refractivity contribution is 0.475. The van der Waals surface area contributed by atoms with E-state index >= 15 is 0 Å². The third-order valence-electron chi connectivity index (χ3n) is 4.00. The molecule has 0 spiro atoms. The lowest BCUT2D eigenvalue weighted by Gasteiger charge is -2.12. The summed E-state index contributed by atoms with van der Waals surface area (Å²) in [6.07, 6.45) is 0. The second kappa shape index (κ2) is 4.87.